The van der Waals surface area contributed by atoms with E-state index in [-0.39, 0.29) is 12.5 Å². The number of carbonyl (C=O) groups is 2. The molecule has 1 heterocycles. The summed E-state index contributed by atoms with van der Waals surface area (Å²) in [6, 6.07) is -0.436. The second-order valence-corrected chi connectivity index (χ2v) is 3.38. The van der Waals surface area contributed by atoms with E-state index in [9.17, 15) is 9.59 Å². The Balaban J connectivity index is 0. The molecule has 5 N–H and O–H groups in total. The van der Waals surface area contributed by atoms with Crippen molar-refractivity contribution in [1.29, 1.82) is 0 Å². The van der Waals surface area contributed by atoms with E-state index >= 15 is 0 Å². The first-order valence-electron chi connectivity index (χ1n) is 6.00. The molecule has 0 aliphatic carbocycles. The zero-order chi connectivity index (χ0) is 14.6. The Hall–Kier alpha value is -1.21. The molecule has 1 atom stereocenters. The fourth-order valence-electron chi connectivity index (χ4n) is 1.59. The highest BCUT2D eigenvalue weighted by Gasteiger charge is 2.31. The summed E-state index contributed by atoms with van der Waals surface area (Å²) in [5.41, 5.74) is 11.0. The van der Waals surface area contributed by atoms with Crippen molar-refractivity contribution in [3.8, 4) is 0 Å². The van der Waals surface area contributed by atoms with Crippen LogP contribution in [0.3, 0.4) is 0 Å². The molecule has 1 aliphatic heterocycles. The maximum absolute atomic E-state index is 11.5. The minimum absolute atomic E-state index is 0.132. The Morgan fingerprint density at radius 2 is 2.00 bits per heavy atom. The molecule has 18 heavy (non-hydrogen) atoms. The third-order valence-electron chi connectivity index (χ3n) is 2.24. The van der Waals surface area contributed by atoms with Gasteiger partial charge in [-0.15, -0.1) is 0 Å². The largest absolute Gasteiger partial charge is 0.373 e. The molecule has 106 valence electrons. The van der Waals surface area contributed by atoms with Crippen LogP contribution in [0.4, 0.5) is 0 Å². The monoisotopic (exact) mass is 276 g/mol. The van der Waals surface area contributed by atoms with Gasteiger partial charge in [0.15, 0.2) is 0 Å². The van der Waals surface area contributed by atoms with Gasteiger partial charge in [0.05, 0.1) is 12.0 Å². The third kappa shape index (κ3) is 6.51. The number of primary amides is 1. The lowest BCUT2D eigenvalue weighted by Crippen LogP contribution is -2.46. The summed E-state index contributed by atoms with van der Waals surface area (Å²) in [6.45, 7) is 4.73. The summed E-state index contributed by atoms with van der Waals surface area (Å²) < 4.78 is 0. The molecule has 0 radical (unpaired) electrons. The molecule has 1 fully saturated rings. The normalized spacial score (nSPS) is 16.7. The lowest BCUT2D eigenvalue weighted by Gasteiger charge is -2.21. The molecule has 0 bridgehead atoms. The first kappa shape index (κ1) is 19.1. The third-order valence-corrected chi connectivity index (χ3v) is 2.40. The van der Waals surface area contributed by atoms with Crippen LogP contribution >= 0.6 is 12.2 Å². The molecule has 2 amide bonds. The number of hydrogen-bond donors (Lipinski definition) is 3. The molecule has 0 aromatic carbocycles. The van der Waals surface area contributed by atoms with Gasteiger partial charge in [-0.25, -0.2) is 0 Å². The molecular weight excluding hydrogens is 252 g/mol. The molecule has 7 heteroatoms. The van der Waals surface area contributed by atoms with Gasteiger partial charge in [-0.05, 0) is 19.9 Å². The molecule has 1 rings (SSSR count). The van der Waals surface area contributed by atoms with Crippen molar-refractivity contribution in [3.05, 3.63) is 0 Å². The second-order valence-electron chi connectivity index (χ2n) is 3.15. The second kappa shape index (κ2) is 12.3. The highest BCUT2D eigenvalue weighted by molar-refractivity contribution is 7.78. The molecule has 0 saturated carbocycles. The van der Waals surface area contributed by atoms with Gasteiger partial charge >= 0.3 is 0 Å². The maximum Gasteiger partial charge on any atom is 0.242 e. The van der Waals surface area contributed by atoms with Crippen LogP contribution in [0, 0.1) is 0 Å². The fourth-order valence-corrected chi connectivity index (χ4v) is 1.67. The van der Waals surface area contributed by atoms with Crippen molar-refractivity contribution in [2.45, 2.75) is 32.7 Å². The van der Waals surface area contributed by atoms with Gasteiger partial charge in [0.25, 0.3) is 0 Å². The summed E-state index contributed by atoms with van der Waals surface area (Å²) >= 11 is 4.53. The lowest BCUT2D eigenvalue weighted by molar-refractivity contribution is -0.136. The van der Waals surface area contributed by atoms with Crippen LogP contribution in [0.25, 0.3) is 0 Å². The number of nitrogens with zero attached hydrogens (tertiary/aromatic N) is 1. The number of rotatable bonds is 4. The van der Waals surface area contributed by atoms with Crippen LogP contribution in [0.1, 0.15) is 26.7 Å². The van der Waals surface area contributed by atoms with Crippen molar-refractivity contribution in [2.24, 2.45) is 11.5 Å². The number of carbonyl (C=O) groups excluding carboxylic acids is 2. The van der Waals surface area contributed by atoms with E-state index in [1.54, 1.807) is 0 Å². The molecule has 0 unspecified atom stereocenters. The zero-order valence-electron chi connectivity index (χ0n) is 11.3. The van der Waals surface area contributed by atoms with Gasteiger partial charge in [-0.1, -0.05) is 26.1 Å². The van der Waals surface area contributed by atoms with Crippen molar-refractivity contribution < 1.29 is 9.59 Å². The van der Waals surface area contributed by atoms with Crippen molar-refractivity contribution in [3.63, 3.8) is 0 Å². The lowest BCUT2D eigenvalue weighted by atomic mass is 10.2. The van der Waals surface area contributed by atoms with E-state index < -0.39 is 11.9 Å². The Morgan fingerprint density at radius 1 is 1.44 bits per heavy atom. The molecule has 1 saturated heterocycles. The van der Waals surface area contributed by atoms with Crippen LogP contribution in [0.2, 0.25) is 0 Å². The molecule has 0 spiro atoms. The highest BCUT2D eigenvalue weighted by atomic mass is 32.1. The average Bonchev–Trinajstić information content (AvgIpc) is 2.90. The van der Waals surface area contributed by atoms with Gasteiger partial charge in [0, 0.05) is 6.54 Å². The maximum atomic E-state index is 11.5. The quantitative estimate of drug-likeness (QED) is 0.607. The summed E-state index contributed by atoms with van der Waals surface area (Å²) in [4.78, 5) is 24.0. The zero-order valence-corrected chi connectivity index (χ0v) is 12.1. The van der Waals surface area contributed by atoms with Crippen LogP contribution < -0.4 is 16.8 Å². The minimum Gasteiger partial charge on any atom is -0.373 e. The predicted octanol–water partition coefficient (Wildman–Crippen LogP) is -0.389. The smallest absolute Gasteiger partial charge is 0.242 e. The van der Waals surface area contributed by atoms with E-state index in [1.807, 2.05) is 13.8 Å². The van der Waals surface area contributed by atoms with Crippen molar-refractivity contribution in [2.75, 3.05) is 20.1 Å². The standard InChI is InChI=1S/C8H13N3O2S.C2H6.CH5N/c9-8(13)6-2-1-3-11(6)7(12)4-10-5-14;2*1-2/h5-6H,1-4H2,(H2,9,13)(H,10,14);1-2H3;2H2,1H3/t6-;;/m0../s1. The van der Waals surface area contributed by atoms with E-state index in [0.29, 0.717) is 13.0 Å². The summed E-state index contributed by atoms with van der Waals surface area (Å²) in [7, 11) is 1.50. The van der Waals surface area contributed by atoms with E-state index in [4.69, 9.17) is 5.73 Å². The van der Waals surface area contributed by atoms with Gasteiger partial charge in [-0.3, -0.25) is 9.59 Å². The topological polar surface area (TPSA) is 101 Å². The first-order valence-corrected chi connectivity index (χ1v) is 6.47. The average molecular weight is 276 g/mol. The Kier molecular flexibility index (Phi) is 13.0. The van der Waals surface area contributed by atoms with E-state index in [0.717, 1.165) is 6.42 Å². The van der Waals surface area contributed by atoms with Crippen LogP contribution in [0.15, 0.2) is 0 Å². The molecular formula is C11H24N4O2S. The van der Waals surface area contributed by atoms with E-state index in [2.05, 4.69) is 23.3 Å². The predicted molar refractivity (Wildman–Crippen MR) is 77.0 cm³/mol. The molecule has 6 nitrogen and oxygen atoms in total. The summed E-state index contributed by atoms with van der Waals surface area (Å²) in [6.07, 6.45) is 1.50. The number of nitrogens with one attached hydrogen (secondary N) is 1. The minimum atomic E-state index is -0.436. The van der Waals surface area contributed by atoms with Crippen molar-refractivity contribution in [1.82, 2.24) is 10.2 Å². The Labute approximate surface area is 114 Å². The van der Waals surface area contributed by atoms with Gasteiger partial charge in [0.2, 0.25) is 11.8 Å². The number of thiocarbonyl (C=S) groups is 1. The summed E-state index contributed by atoms with van der Waals surface area (Å²) in [5.74, 6) is -0.564. The number of nitrogens with two attached hydrogens (primary N) is 2. The van der Waals surface area contributed by atoms with Gasteiger partial charge < -0.3 is 21.7 Å². The van der Waals surface area contributed by atoms with Gasteiger partial charge in [-0.2, -0.15) is 0 Å². The number of amides is 2. The fraction of sp³-hybridized carbons (Fsp3) is 0.727. The Morgan fingerprint density at radius 3 is 2.44 bits per heavy atom. The molecule has 0 aromatic rings. The van der Waals surface area contributed by atoms with Crippen LogP contribution in [-0.2, 0) is 9.59 Å². The highest BCUT2D eigenvalue weighted by Crippen LogP contribution is 2.16. The Bertz CT molecular complexity index is 261. The van der Waals surface area contributed by atoms with E-state index in [1.165, 1.54) is 17.4 Å². The first-order chi connectivity index (χ1) is 8.66. The van der Waals surface area contributed by atoms with Crippen molar-refractivity contribution >= 4 is 29.5 Å². The number of likely N-dealkylation sites (tertiary alicyclic amines) is 1. The molecule has 1 aliphatic rings. The van der Waals surface area contributed by atoms with Crippen LogP contribution in [-0.4, -0.2) is 48.4 Å². The van der Waals surface area contributed by atoms with Crippen LogP contribution in [0.5, 0.6) is 0 Å². The summed E-state index contributed by atoms with van der Waals surface area (Å²) in [5, 5.41) is 2.63. The molecule has 0 aromatic heterocycles. The number of hydrogen-bond acceptors (Lipinski definition) is 4. The SMILES string of the molecule is CC.CN.NC(=O)[C@@H]1CCCN1C(=O)CNC=S. The van der Waals surface area contributed by atoms with Gasteiger partial charge in [0.1, 0.15) is 6.04 Å².